The zero-order valence-corrected chi connectivity index (χ0v) is 11.7. The van der Waals surface area contributed by atoms with Crippen LogP contribution in [0.15, 0.2) is 72.1 Å². The van der Waals surface area contributed by atoms with E-state index in [9.17, 15) is 0 Å². The van der Waals surface area contributed by atoms with Gasteiger partial charge in [-0.05, 0) is 41.3 Å². The number of rotatable bonds is 4. The Morgan fingerprint density at radius 2 is 1.65 bits per heavy atom. The Morgan fingerprint density at radius 3 is 2.40 bits per heavy atom. The molecule has 1 atom stereocenters. The van der Waals surface area contributed by atoms with Crippen LogP contribution in [0.4, 0.5) is 0 Å². The van der Waals surface area contributed by atoms with Crippen molar-refractivity contribution in [1.82, 2.24) is 0 Å². The number of hydrogen-bond donors (Lipinski definition) is 1. The summed E-state index contributed by atoms with van der Waals surface area (Å²) in [6.07, 6.45) is 0. The van der Waals surface area contributed by atoms with E-state index >= 15 is 0 Å². The maximum absolute atomic E-state index is 6.28. The monoisotopic (exact) mass is 281 g/mol. The predicted octanol–water partition coefficient (Wildman–Crippen LogP) is 4.59. The highest BCUT2D eigenvalue weighted by Gasteiger charge is 2.10. The van der Waals surface area contributed by atoms with Gasteiger partial charge in [-0.1, -0.05) is 36.4 Å². The molecule has 3 aromatic rings. The Kier molecular flexibility index (Phi) is 3.81. The van der Waals surface area contributed by atoms with Crippen LogP contribution in [0, 0.1) is 0 Å². The van der Waals surface area contributed by atoms with Gasteiger partial charge >= 0.3 is 0 Å². The summed E-state index contributed by atoms with van der Waals surface area (Å²) in [7, 11) is 0. The fourth-order valence-corrected chi connectivity index (χ4v) is 2.78. The van der Waals surface area contributed by atoms with E-state index in [1.54, 1.807) is 11.3 Å². The lowest BCUT2D eigenvalue weighted by Crippen LogP contribution is -2.09. The summed E-state index contributed by atoms with van der Waals surface area (Å²) in [4.78, 5) is 1.15. The summed E-state index contributed by atoms with van der Waals surface area (Å²) < 4.78 is 5.83. The van der Waals surface area contributed by atoms with Gasteiger partial charge in [-0.3, -0.25) is 0 Å². The quantitative estimate of drug-likeness (QED) is 0.759. The summed E-state index contributed by atoms with van der Waals surface area (Å²) in [6, 6.07) is 21.7. The van der Waals surface area contributed by atoms with Gasteiger partial charge in [0.15, 0.2) is 0 Å². The Morgan fingerprint density at radius 1 is 0.850 bits per heavy atom. The minimum absolute atomic E-state index is 0.102. The number of thiophene rings is 1. The maximum Gasteiger partial charge on any atom is 0.127 e. The van der Waals surface area contributed by atoms with Crippen LogP contribution in [0.3, 0.4) is 0 Å². The molecule has 0 saturated heterocycles. The minimum atomic E-state index is -0.102. The average molecular weight is 281 g/mol. The molecule has 0 unspecified atom stereocenters. The van der Waals surface area contributed by atoms with Gasteiger partial charge in [0.25, 0.3) is 0 Å². The van der Waals surface area contributed by atoms with Crippen molar-refractivity contribution in [3.63, 3.8) is 0 Å². The lowest BCUT2D eigenvalue weighted by Gasteiger charge is -2.12. The second kappa shape index (κ2) is 5.90. The molecule has 0 saturated carbocycles. The smallest absolute Gasteiger partial charge is 0.127 e. The van der Waals surface area contributed by atoms with Gasteiger partial charge in [-0.15, -0.1) is 11.3 Å². The molecule has 0 bridgehead atoms. The van der Waals surface area contributed by atoms with Gasteiger partial charge in [-0.25, -0.2) is 0 Å². The van der Waals surface area contributed by atoms with Gasteiger partial charge in [0, 0.05) is 4.88 Å². The Bertz CT molecular complexity index is 664. The SMILES string of the molecule is N[C@@H](c1cccc(Oc2ccccc2)c1)c1cccs1. The fourth-order valence-electron chi connectivity index (χ4n) is 2.03. The van der Waals surface area contributed by atoms with Crippen molar-refractivity contribution in [3.8, 4) is 11.5 Å². The van der Waals surface area contributed by atoms with E-state index in [-0.39, 0.29) is 6.04 Å². The second-order valence-corrected chi connectivity index (χ2v) is 5.46. The summed E-state index contributed by atoms with van der Waals surface area (Å²) >= 11 is 1.67. The molecule has 3 heteroatoms. The lowest BCUT2D eigenvalue weighted by molar-refractivity contribution is 0.481. The van der Waals surface area contributed by atoms with Crippen LogP contribution < -0.4 is 10.5 Å². The standard InChI is InChI=1S/C17H15NOS/c18-17(16-10-5-11-20-16)13-6-4-9-15(12-13)19-14-7-2-1-3-8-14/h1-12,17H,18H2/t17-/m0/s1. The first kappa shape index (κ1) is 12.9. The first-order chi connectivity index (χ1) is 9.83. The minimum Gasteiger partial charge on any atom is -0.457 e. The first-order valence-electron chi connectivity index (χ1n) is 6.45. The number of benzene rings is 2. The molecule has 2 nitrogen and oxygen atoms in total. The highest BCUT2D eigenvalue weighted by atomic mass is 32.1. The van der Waals surface area contributed by atoms with Crippen molar-refractivity contribution in [2.45, 2.75) is 6.04 Å². The van der Waals surface area contributed by atoms with Crippen molar-refractivity contribution in [2.24, 2.45) is 5.73 Å². The predicted molar refractivity (Wildman–Crippen MR) is 83.3 cm³/mol. The molecular formula is C17H15NOS. The molecule has 20 heavy (non-hydrogen) atoms. The number of nitrogens with two attached hydrogens (primary N) is 1. The van der Waals surface area contributed by atoms with Gasteiger partial charge < -0.3 is 10.5 Å². The molecule has 0 radical (unpaired) electrons. The van der Waals surface area contributed by atoms with E-state index in [0.29, 0.717) is 0 Å². The number of ether oxygens (including phenoxy) is 1. The third-order valence-corrected chi connectivity index (χ3v) is 4.00. The Hall–Kier alpha value is -2.10. The molecule has 1 aromatic heterocycles. The lowest BCUT2D eigenvalue weighted by atomic mass is 10.1. The molecule has 0 aliphatic heterocycles. The van der Waals surface area contributed by atoms with Crippen LogP contribution in [0.5, 0.6) is 11.5 Å². The molecular weight excluding hydrogens is 266 g/mol. The van der Waals surface area contributed by atoms with Crippen LogP contribution in [0.2, 0.25) is 0 Å². The molecule has 2 aromatic carbocycles. The third kappa shape index (κ3) is 2.90. The normalized spacial score (nSPS) is 12.1. The van der Waals surface area contributed by atoms with Crippen LogP contribution in [-0.4, -0.2) is 0 Å². The first-order valence-corrected chi connectivity index (χ1v) is 7.33. The van der Waals surface area contributed by atoms with E-state index in [4.69, 9.17) is 10.5 Å². The highest BCUT2D eigenvalue weighted by molar-refractivity contribution is 7.10. The van der Waals surface area contributed by atoms with E-state index in [1.807, 2.05) is 66.0 Å². The molecule has 100 valence electrons. The number of para-hydroxylation sites is 1. The largest absolute Gasteiger partial charge is 0.457 e. The zero-order valence-electron chi connectivity index (χ0n) is 10.9. The summed E-state index contributed by atoms with van der Waals surface area (Å²) in [5.74, 6) is 1.63. The molecule has 0 fully saturated rings. The van der Waals surface area contributed by atoms with Gasteiger partial charge in [-0.2, -0.15) is 0 Å². The topological polar surface area (TPSA) is 35.2 Å². The average Bonchev–Trinajstić information content (AvgIpc) is 3.02. The second-order valence-electron chi connectivity index (χ2n) is 4.48. The maximum atomic E-state index is 6.28. The van der Waals surface area contributed by atoms with Crippen LogP contribution >= 0.6 is 11.3 Å². The number of hydrogen-bond acceptors (Lipinski definition) is 3. The van der Waals surface area contributed by atoms with Crippen LogP contribution in [-0.2, 0) is 0 Å². The zero-order chi connectivity index (χ0) is 13.8. The van der Waals surface area contributed by atoms with E-state index in [1.165, 1.54) is 0 Å². The van der Waals surface area contributed by atoms with Crippen LogP contribution in [0.25, 0.3) is 0 Å². The highest BCUT2D eigenvalue weighted by Crippen LogP contribution is 2.28. The van der Waals surface area contributed by atoms with Gasteiger partial charge in [0.1, 0.15) is 11.5 Å². The van der Waals surface area contributed by atoms with Crippen molar-refractivity contribution in [1.29, 1.82) is 0 Å². The summed E-state index contributed by atoms with van der Waals surface area (Å²) in [5.41, 5.74) is 7.33. The Balaban J connectivity index is 1.83. The Labute approximate surface area is 122 Å². The van der Waals surface area contributed by atoms with Crippen molar-refractivity contribution < 1.29 is 4.74 Å². The van der Waals surface area contributed by atoms with Crippen molar-refractivity contribution in [2.75, 3.05) is 0 Å². The molecule has 0 aliphatic rings. The summed E-state index contributed by atoms with van der Waals surface area (Å²) in [5, 5.41) is 2.04. The summed E-state index contributed by atoms with van der Waals surface area (Å²) in [6.45, 7) is 0. The van der Waals surface area contributed by atoms with Gasteiger partial charge in [0.2, 0.25) is 0 Å². The van der Waals surface area contributed by atoms with Crippen molar-refractivity contribution in [3.05, 3.63) is 82.6 Å². The van der Waals surface area contributed by atoms with E-state index in [2.05, 4.69) is 6.07 Å². The van der Waals surface area contributed by atoms with E-state index in [0.717, 1.165) is 21.9 Å². The molecule has 1 heterocycles. The van der Waals surface area contributed by atoms with Crippen LogP contribution in [0.1, 0.15) is 16.5 Å². The van der Waals surface area contributed by atoms with Gasteiger partial charge in [0.05, 0.1) is 6.04 Å². The molecule has 3 rings (SSSR count). The molecule has 2 N–H and O–H groups in total. The van der Waals surface area contributed by atoms with Crippen molar-refractivity contribution >= 4 is 11.3 Å². The molecule has 0 aliphatic carbocycles. The fraction of sp³-hybridized carbons (Fsp3) is 0.0588. The molecule has 0 amide bonds. The van der Waals surface area contributed by atoms with E-state index < -0.39 is 0 Å². The third-order valence-electron chi connectivity index (χ3n) is 3.05. The molecule has 0 spiro atoms.